The largest absolute Gasteiger partial charge is 0.483 e. The number of halogens is 1. The van der Waals surface area contributed by atoms with E-state index >= 15 is 0 Å². The van der Waals surface area contributed by atoms with Gasteiger partial charge in [-0.3, -0.25) is 4.79 Å². The quantitative estimate of drug-likeness (QED) is 0.722. The SMILES string of the molecule is CCc1ccccc1OCC(=O)N1CCC(NS(=O)(=O)c2ccc(Cl)cc2)CC1. The standard InChI is InChI=1S/C21H25ClN2O4S/c1-2-16-5-3-4-6-20(16)28-15-21(25)24-13-11-18(12-14-24)23-29(26,27)19-9-7-17(22)8-10-19/h3-10,18,23H,2,11-15H2,1H3. The molecule has 0 aromatic heterocycles. The fourth-order valence-electron chi connectivity index (χ4n) is 3.32. The number of sulfonamides is 1. The number of nitrogens with one attached hydrogen (secondary N) is 1. The van der Waals surface area contributed by atoms with Gasteiger partial charge in [-0.05, 0) is 55.2 Å². The normalized spacial score (nSPS) is 15.3. The lowest BCUT2D eigenvalue weighted by molar-refractivity contribution is -0.134. The minimum absolute atomic E-state index is 0.0157. The molecule has 0 bridgehead atoms. The maximum atomic E-state index is 12.5. The molecule has 156 valence electrons. The Hall–Kier alpha value is -2.09. The molecule has 1 aliphatic heterocycles. The highest BCUT2D eigenvalue weighted by Gasteiger charge is 2.27. The first-order valence-corrected chi connectivity index (χ1v) is 11.5. The van der Waals surface area contributed by atoms with Crippen LogP contribution in [-0.4, -0.2) is 45.0 Å². The molecule has 1 heterocycles. The second kappa shape index (κ2) is 9.61. The summed E-state index contributed by atoms with van der Waals surface area (Å²) in [4.78, 5) is 14.4. The van der Waals surface area contributed by atoms with Crippen molar-refractivity contribution < 1.29 is 17.9 Å². The number of para-hydroxylation sites is 1. The summed E-state index contributed by atoms with van der Waals surface area (Å²) >= 11 is 5.82. The molecule has 0 saturated carbocycles. The summed E-state index contributed by atoms with van der Waals surface area (Å²) < 4.78 is 33.4. The molecule has 3 rings (SSSR count). The van der Waals surface area contributed by atoms with Crippen molar-refractivity contribution in [3.05, 3.63) is 59.1 Å². The van der Waals surface area contributed by atoms with Crippen molar-refractivity contribution in [3.8, 4) is 5.75 Å². The monoisotopic (exact) mass is 436 g/mol. The predicted molar refractivity (Wildman–Crippen MR) is 113 cm³/mol. The highest BCUT2D eigenvalue weighted by atomic mass is 35.5. The van der Waals surface area contributed by atoms with E-state index in [4.69, 9.17) is 16.3 Å². The van der Waals surface area contributed by atoms with Crippen molar-refractivity contribution in [2.75, 3.05) is 19.7 Å². The van der Waals surface area contributed by atoms with Crippen LogP contribution < -0.4 is 9.46 Å². The predicted octanol–water partition coefficient (Wildman–Crippen LogP) is 3.25. The molecular formula is C21H25ClN2O4S. The van der Waals surface area contributed by atoms with Crippen LogP contribution >= 0.6 is 11.6 Å². The molecule has 0 radical (unpaired) electrons. The van der Waals surface area contributed by atoms with Crippen LogP contribution in [0.4, 0.5) is 0 Å². The van der Waals surface area contributed by atoms with Gasteiger partial charge in [0.25, 0.3) is 5.91 Å². The molecule has 2 aromatic carbocycles. The van der Waals surface area contributed by atoms with Crippen LogP contribution in [-0.2, 0) is 21.2 Å². The molecule has 1 N–H and O–H groups in total. The summed E-state index contributed by atoms with van der Waals surface area (Å²) in [6.45, 7) is 3.01. The number of rotatable bonds is 7. The Morgan fingerprint density at radius 2 is 1.79 bits per heavy atom. The van der Waals surface area contributed by atoms with Crippen molar-refractivity contribution in [2.24, 2.45) is 0 Å². The Balaban J connectivity index is 1.49. The van der Waals surface area contributed by atoms with Crippen LogP contribution in [0.25, 0.3) is 0 Å². The average molecular weight is 437 g/mol. The molecule has 0 aliphatic carbocycles. The summed E-state index contributed by atoms with van der Waals surface area (Å²) in [5.41, 5.74) is 1.07. The van der Waals surface area contributed by atoms with Crippen LogP contribution in [0.15, 0.2) is 53.4 Å². The molecule has 1 saturated heterocycles. The lowest BCUT2D eigenvalue weighted by Gasteiger charge is -2.32. The first kappa shape index (κ1) is 21.6. The summed E-state index contributed by atoms with van der Waals surface area (Å²) in [5.74, 6) is 0.642. The molecule has 1 aliphatic rings. The van der Waals surface area contributed by atoms with Crippen molar-refractivity contribution in [1.82, 2.24) is 9.62 Å². The second-order valence-electron chi connectivity index (χ2n) is 6.98. The van der Waals surface area contributed by atoms with Crippen LogP contribution in [0, 0.1) is 0 Å². The van der Waals surface area contributed by atoms with Crippen molar-refractivity contribution in [2.45, 2.75) is 37.1 Å². The van der Waals surface area contributed by atoms with Gasteiger partial charge in [0, 0.05) is 24.2 Å². The number of amides is 1. The van der Waals surface area contributed by atoms with E-state index in [0.29, 0.717) is 31.0 Å². The van der Waals surface area contributed by atoms with E-state index in [-0.39, 0.29) is 23.5 Å². The van der Waals surface area contributed by atoms with Gasteiger partial charge in [-0.1, -0.05) is 36.7 Å². The highest BCUT2D eigenvalue weighted by Crippen LogP contribution is 2.20. The summed E-state index contributed by atoms with van der Waals surface area (Å²) in [6.07, 6.45) is 1.96. The Labute approximate surface area is 176 Å². The van der Waals surface area contributed by atoms with Crippen molar-refractivity contribution in [3.63, 3.8) is 0 Å². The molecular weight excluding hydrogens is 412 g/mol. The Morgan fingerprint density at radius 3 is 2.45 bits per heavy atom. The number of hydrogen-bond donors (Lipinski definition) is 1. The van der Waals surface area contributed by atoms with Crippen LogP contribution in [0.1, 0.15) is 25.3 Å². The van der Waals surface area contributed by atoms with Gasteiger partial charge in [-0.25, -0.2) is 13.1 Å². The number of hydrogen-bond acceptors (Lipinski definition) is 4. The van der Waals surface area contributed by atoms with Crippen LogP contribution in [0.5, 0.6) is 5.75 Å². The van der Waals surface area contributed by atoms with E-state index in [9.17, 15) is 13.2 Å². The minimum atomic E-state index is -3.61. The van der Waals surface area contributed by atoms with E-state index in [1.807, 2.05) is 31.2 Å². The number of carbonyl (C=O) groups excluding carboxylic acids is 1. The van der Waals surface area contributed by atoms with Crippen molar-refractivity contribution >= 4 is 27.5 Å². The first-order chi connectivity index (χ1) is 13.9. The summed E-state index contributed by atoms with van der Waals surface area (Å²) in [7, 11) is -3.61. The molecule has 0 unspecified atom stereocenters. The van der Waals surface area contributed by atoms with Crippen molar-refractivity contribution in [1.29, 1.82) is 0 Å². The smallest absolute Gasteiger partial charge is 0.260 e. The molecule has 0 spiro atoms. The van der Waals surface area contributed by atoms with Crippen LogP contribution in [0.2, 0.25) is 5.02 Å². The van der Waals surface area contributed by atoms with Gasteiger partial charge < -0.3 is 9.64 Å². The van der Waals surface area contributed by atoms with E-state index in [1.165, 1.54) is 12.1 Å². The minimum Gasteiger partial charge on any atom is -0.483 e. The fraction of sp³-hybridized carbons (Fsp3) is 0.381. The zero-order valence-electron chi connectivity index (χ0n) is 16.3. The van der Waals surface area contributed by atoms with E-state index in [0.717, 1.165) is 17.7 Å². The van der Waals surface area contributed by atoms with Gasteiger partial charge in [0.15, 0.2) is 6.61 Å². The fourth-order valence-corrected chi connectivity index (χ4v) is 4.75. The number of nitrogens with zero attached hydrogens (tertiary/aromatic N) is 1. The second-order valence-corrected chi connectivity index (χ2v) is 9.13. The third kappa shape index (κ3) is 5.72. The zero-order chi connectivity index (χ0) is 20.9. The number of piperidine rings is 1. The molecule has 1 amide bonds. The number of benzene rings is 2. The first-order valence-electron chi connectivity index (χ1n) is 9.65. The van der Waals surface area contributed by atoms with Crippen LogP contribution in [0.3, 0.4) is 0 Å². The Bertz CT molecular complexity index is 939. The van der Waals surface area contributed by atoms with Gasteiger partial charge in [0.1, 0.15) is 5.75 Å². The van der Waals surface area contributed by atoms with E-state index in [2.05, 4.69) is 4.72 Å². The van der Waals surface area contributed by atoms with Gasteiger partial charge >= 0.3 is 0 Å². The third-order valence-corrected chi connectivity index (χ3v) is 6.79. The molecule has 29 heavy (non-hydrogen) atoms. The Morgan fingerprint density at radius 1 is 1.14 bits per heavy atom. The molecule has 6 nitrogen and oxygen atoms in total. The maximum Gasteiger partial charge on any atom is 0.260 e. The lowest BCUT2D eigenvalue weighted by atomic mass is 10.1. The van der Waals surface area contributed by atoms with E-state index < -0.39 is 10.0 Å². The number of carbonyl (C=O) groups is 1. The third-order valence-electron chi connectivity index (χ3n) is 5.00. The summed E-state index contributed by atoms with van der Waals surface area (Å²) in [5, 5.41) is 0.486. The Kier molecular flexibility index (Phi) is 7.16. The highest BCUT2D eigenvalue weighted by molar-refractivity contribution is 7.89. The lowest BCUT2D eigenvalue weighted by Crippen LogP contribution is -2.47. The maximum absolute atomic E-state index is 12.5. The topological polar surface area (TPSA) is 75.7 Å². The van der Waals surface area contributed by atoms with Gasteiger partial charge in [0.2, 0.25) is 10.0 Å². The van der Waals surface area contributed by atoms with Gasteiger partial charge in [0.05, 0.1) is 4.90 Å². The number of ether oxygens (including phenoxy) is 1. The molecule has 1 fully saturated rings. The number of aryl methyl sites for hydroxylation is 1. The van der Waals surface area contributed by atoms with Gasteiger partial charge in [-0.15, -0.1) is 0 Å². The molecule has 2 aromatic rings. The van der Waals surface area contributed by atoms with Gasteiger partial charge in [-0.2, -0.15) is 0 Å². The average Bonchev–Trinajstić information content (AvgIpc) is 2.72. The molecule has 8 heteroatoms. The number of likely N-dealkylation sites (tertiary alicyclic amines) is 1. The summed E-state index contributed by atoms with van der Waals surface area (Å²) in [6, 6.07) is 13.5. The zero-order valence-corrected chi connectivity index (χ0v) is 17.9. The molecule has 0 atom stereocenters. The van der Waals surface area contributed by atoms with E-state index in [1.54, 1.807) is 17.0 Å².